The molecule has 0 bridgehead atoms. The molecule has 7 rings (SSSR count). The average Bonchev–Trinajstić information content (AvgIpc) is 3.78. The average molecular weight is 560 g/mol. The van der Waals surface area contributed by atoms with E-state index in [4.69, 9.17) is 28.5 Å². The van der Waals surface area contributed by atoms with Gasteiger partial charge in [0.25, 0.3) is 11.8 Å². The molecule has 8 atom stereocenters. The molecule has 2 aliphatic carbocycles. The molecular formula is C28H33NO11. The summed E-state index contributed by atoms with van der Waals surface area (Å²) >= 11 is 0. The number of hydrogen-bond acceptors (Lipinski definition) is 11. The minimum absolute atomic E-state index is 0.0145. The van der Waals surface area contributed by atoms with Crippen molar-refractivity contribution in [2.45, 2.75) is 101 Å². The lowest BCUT2D eigenvalue weighted by Crippen LogP contribution is -2.75. The summed E-state index contributed by atoms with van der Waals surface area (Å²) in [6, 6.07) is 0. The highest BCUT2D eigenvalue weighted by Crippen LogP contribution is 2.77. The van der Waals surface area contributed by atoms with Crippen LogP contribution in [0.2, 0.25) is 0 Å². The van der Waals surface area contributed by atoms with Crippen LogP contribution in [0.3, 0.4) is 0 Å². The summed E-state index contributed by atoms with van der Waals surface area (Å²) in [7, 11) is 0. The molecule has 2 amide bonds. The summed E-state index contributed by atoms with van der Waals surface area (Å²) in [6.07, 6.45) is -0.767. The quantitative estimate of drug-likeness (QED) is 0.263. The lowest BCUT2D eigenvalue weighted by molar-refractivity contribution is -0.260. The highest BCUT2D eigenvalue weighted by atomic mass is 16.7. The number of carbonyl (C=O) groups excluding carboxylic acids is 5. The Kier molecular flexibility index (Phi) is 5.31. The Bertz CT molecular complexity index is 1270. The first-order chi connectivity index (χ1) is 18.9. The second-order valence-electron chi connectivity index (χ2n) is 12.7. The van der Waals surface area contributed by atoms with Gasteiger partial charge in [-0.15, -0.1) is 5.06 Å². The fraction of sp³-hybridized carbons (Fsp3) is 0.750. The molecule has 0 aromatic rings. The van der Waals surface area contributed by atoms with Gasteiger partial charge in [0.1, 0.15) is 35.6 Å². The van der Waals surface area contributed by atoms with Gasteiger partial charge in [-0.1, -0.05) is 20.8 Å². The van der Waals surface area contributed by atoms with Crippen molar-refractivity contribution in [3.05, 3.63) is 11.1 Å². The number of carbonyl (C=O) groups is 5. The number of amides is 2. The molecule has 40 heavy (non-hydrogen) atoms. The number of imide groups is 1. The first kappa shape index (κ1) is 26.1. The molecule has 7 aliphatic rings. The molecule has 5 fully saturated rings. The number of esters is 2. The van der Waals surface area contributed by atoms with Crippen LogP contribution in [0.1, 0.15) is 66.2 Å². The number of fused-ring (bicyclic) bond motifs is 4. The third-order valence-corrected chi connectivity index (χ3v) is 10.7. The number of hydrogen-bond donors (Lipinski definition) is 0. The van der Waals surface area contributed by atoms with Gasteiger partial charge in [0.2, 0.25) is 0 Å². The number of epoxide rings is 2. The maximum absolute atomic E-state index is 13.2. The van der Waals surface area contributed by atoms with Crippen LogP contribution in [0.15, 0.2) is 11.1 Å². The van der Waals surface area contributed by atoms with Gasteiger partial charge in [0, 0.05) is 29.7 Å². The Hall–Kier alpha value is -2.83. The minimum atomic E-state index is -1.05. The molecular weight excluding hydrogens is 526 g/mol. The molecule has 12 nitrogen and oxygen atoms in total. The van der Waals surface area contributed by atoms with E-state index in [9.17, 15) is 24.0 Å². The first-order valence-electron chi connectivity index (χ1n) is 14.1. The van der Waals surface area contributed by atoms with Gasteiger partial charge >= 0.3 is 17.9 Å². The van der Waals surface area contributed by atoms with Gasteiger partial charge in [-0.2, -0.15) is 0 Å². The molecule has 0 radical (unpaired) electrons. The van der Waals surface area contributed by atoms with Crippen LogP contribution in [-0.2, 0) is 52.5 Å². The second kappa shape index (κ2) is 8.13. The van der Waals surface area contributed by atoms with Crippen molar-refractivity contribution in [2.24, 2.45) is 17.3 Å². The smallest absolute Gasteiger partial charge is 0.334 e. The van der Waals surface area contributed by atoms with E-state index in [0.29, 0.717) is 24.5 Å². The monoisotopic (exact) mass is 559 g/mol. The Morgan fingerprint density at radius 3 is 2.40 bits per heavy atom. The molecule has 1 saturated carbocycles. The van der Waals surface area contributed by atoms with Crippen molar-refractivity contribution in [2.75, 3.05) is 13.2 Å². The number of hydroxylamine groups is 2. The summed E-state index contributed by atoms with van der Waals surface area (Å²) in [4.78, 5) is 66.2. The Morgan fingerprint density at radius 1 is 1.00 bits per heavy atom. The van der Waals surface area contributed by atoms with E-state index >= 15 is 0 Å². The van der Waals surface area contributed by atoms with Crippen molar-refractivity contribution in [1.82, 2.24) is 5.06 Å². The van der Waals surface area contributed by atoms with Gasteiger partial charge in [0.05, 0.1) is 19.4 Å². The normalized spacial score (nSPS) is 44.3. The molecule has 0 aromatic heterocycles. The molecule has 1 spiro atoms. The first-order valence-corrected chi connectivity index (χ1v) is 14.1. The van der Waals surface area contributed by atoms with Crippen LogP contribution in [0.25, 0.3) is 0 Å². The highest BCUT2D eigenvalue weighted by molar-refractivity contribution is 6.01. The van der Waals surface area contributed by atoms with E-state index in [1.165, 1.54) is 0 Å². The predicted molar refractivity (Wildman–Crippen MR) is 130 cm³/mol. The number of rotatable bonds is 6. The van der Waals surface area contributed by atoms with Gasteiger partial charge in [-0.05, 0) is 31.3 Å². The summed E-state index contributed by atoms with van der Waals surface area (Å²) in [6.45, 7) is 8.69. The van der Waals surface area contributed by atoms with E-state index in [0.717, 1.165) is 11.1 Å². The fourth-order valence-electron chi connectivity index (χ4n) is 8.49. The van der Waals surface area contributed by atoms with Crippen molar-refractivity contribution in [3.63, 3.8) is 0 Å². The largest absolute Gasteiger partial charge is 0.458 e. The third kappa shape index (κ3) is 3.04. The Labute approximate surface area is 230 Å². The molecule has 12 heteroatoms. The van der Waals surface area contributed by atoms with E-state index in [1.54, 1.807) is 0 Å². The minimum Gasteiger partial charge on any atom is -0.458 e. The van der Waals surface area contributed by atoms with Gasteiger partial charge in [0.15, 0.2) is 6.10 Å². The van der Waals surface area contributed by atoms with E-state index < -0.39 is 52.1 Å². The number of ether oxygens (including phenoxy) is 5. The van der Waals surface area contributed by atoms with Crippen molar-refractivity contribution in [1.29, 1.82) is 0 Å². The molecule has 0 aromatic carbocycles. The number of cyclic esters (lactones) is 1. The van der Waals surface area contributed by atoms with E-state index in [-0.39, 0.29) is 62.3 Å². The van der Waals surface area contributed by atoms with Crippen LogP contribution in [0.5, 0.6) is 0 Å². The Balaban J connectivity index is 1.13. The molecule has 5 aliphatic heterocycles. The highest BCUT2D eigenvalue weighted by Gasteiger charge is 2.94. The predicted octanol–water partition coefficient (Wildman–Crippen LogP) is 1.29. The topological polar surface area (TPSA) is 151 Å². The molecule has 8 unspecified atom stereocenters. The van der Waals surface area contributed by atoms with Gasteiger partial charge in [-0.3, -0.25) is 14.4 Å². The molecule has 5 heterocycles. The van der Waals surface area contributed by atoms with Crippen LogP contribution >= 0.6 is 0 Å². The maximum atomic E-state index is 13.2. The number of nitrogens with zero attached hydrogens (tertiary/aromatic N) is 1. The van der Waals surface area contributed by atoms with Crippen molar-refractivity contribution in [3.8, 4) is 0 Å². The van der Waals surface area contributed by atoms with E-state index in [1.807, 2.05) is 20.8 Å². The van der Waals surface area contributed by atoms with Crippen molar-refractivity contribution >= 4 is 29.7 Å². The fourth-order valence-corrected chi connectivity index (χ4v) is 8.49. The third-order valence-electron chi connectivity index (χ3n) is 10.7. The lowest BCUT2D eigenvalue weighted by atomic mass is 9.49. The van der Waals surface area contributed by atoms with E-state index in [2.05, 4.69) is 6.92 Å². The summed E-state index contributed by atoms with van der Waals surface area (Å²) < 4.78 is 31.2. The summed E-state index contributed by atoms with van der Waals surface area (Å²) in [5, 5.41) is 0.460. The SMILES string of the molecule is CC(C)C12OC1C1OC13C1(C)CCC4=C(COC4=O)C1COC3(C)C2OC(=O)CCC(=O)ON1C(=O)CCC1=O. The second-order valence-corrected chi connectivity index (χ2v) is 12.7. The van der Waals surface area contributed by atoms with Crippen LogP contribution in [-0.4, -0.2) is 83.1 Å². The van der Waals surface area contributed by atoms with Gasteiger partial charge < -0.3 is 28.5 Å². The zero-order valence-electron chi connectivity index (χ0n) is 23.0. The zero-order chi connectivity index (χ0) is 28.4. The summed E-state index contributed by atoms with van der Waals surface area (Å²) in [5.41, 5.74) is -1.34. The van der Waals surface area contributed by atoms with Crippen molar-refractivity contribution < 1.29 is 52.5 Å². The lowest BCUT2D eigenvalue weighted by Gasteiger charge is -2.60. The molecule has 4 saturated heterocycles. The standard InChI is InChI=1S/C28H33NO11/c1-13(2)27-21(38-27)22-28(39-22)25(3)10-9-14-15(11-35-23(14)34)16(25)12-36-26(28,4)24(27)37-19(32)7-8-20(33)40-29-17(30)5-6-18(29)31/h13,16,21-22,24H,5-12H2,1-4H3. The van der Waals surface area contributed by atoms with Crippen LogP contribution in [0, 0.1) is 17.3 Å². The maximum Gasteiger partial charge on any atom is 0.334 e. The molecule has 0 N–H and O–H groups in total. The Morgan fingerprint density at radius 2 is 1.70 bits per heavy atom. The van der Waals surface area contributed by atoms with Crippen LogP contribution in [0.4, 0.5) is 0 Å². The van der Waals surface area contributed by atoms with Crippen LogP contribution < -0.4 is 0 Å². The molecule has 216 valence electrons. The zero-order valence-corrected chi connectivity index (χ0v) is 23.0. The summed E-state index contributed by atoms with van der Waals surface area (Å²) in [5.74, 6) is -3.05. The van der Waals surface area contributed by atoms with Gasteiger partial charge in [-0.25, -0.2) is 9.59 Å².